The Hall–Kier alpha value is -1.16. The highest BCUT2D eigenvalue weighted by molar-refractivity contribution is 9.10. The second-order valence-electron chi connectivity index (χ2n) is 5.34. The fraction of sp³-hybridized carbons (Fsp3) is 0.467. The molecule has 0 spiro atoms. The molecule has 1 aromatic heterocycles. The van der Waals surface area contributed by atoms with Crippen LogP contribution >= 0.6 is 15.9 Å². The molecule has 0 radical (unpaired) electrons. The molecule has 2 bridgehead atoms. The van der Waals surface area contributed by atoms with Crippen LogP contribution in [-0.4, -0.2) is 27.9 Å². The summed E-state index contributed by atoms with van der Waals surface area (Å²) in [5.74, 6) is 0.136. The molecule has 1 amide bonds. The van der Waals surface area contributed by atoms with Gasteiger partial charge in [0.25, 0.3) is 5.91 Å². The number of carbonyl (C=O) groups is 1. The molecular formula is C15H17BrN2O. The highest BCUT2D eigenvalue weighted by atomic mass is 79.9. The summed E-state index contributed by atoms with van der Waals surface area (Å²) in [6, 6.07) is 2.63. The normalized spacial score (nSPS) is 25.6. The Balaban J connectivity index is 1.86. The first-order valence-corrected chi connectivity index (χ1v) is 7.55. The fourth-order valence-electron chi connectivity index (χ4n) is 3.30. The van der Waals surface area contributed by atoms with Gasteiger partial charge in [0.1, 0.15) is 0 Å². The lowest BCUT2D eigenvalue weighted by atomic mass is 9.96. The van der Waals surface area contributed by atoms with Crippen molar-refractivity contribution in [1.29, 1.82) is 0 Å². The van der Waals surface area contributed by atoms with Gasteiger partial charge in [-0.25, -0.2) is 0 Å². The summed E-state index contributed by atoms with van der Waals surface area (Å²) in [5, 5.41) is 0. The number of amides is 1. The van der Waals surface area contributed by atoms with Crippen molar-refractivity contribution < 1.29 is 4.79 Å². The number of aromatic nitrogens is 1. The largest absolute Gasteiger partial charge is 0.332 e. The molecule has 1 aromatic rings. The van der Waals surface area contributed by atoms with Crippen molar-refractivity contribution in [2.45, 2.75) is 44.7 Å². The van der Waals surface area contributed by atoms with Crippen LogP contribution in [0.1, 0.15) is 43.0 Å². The van der Waals surface area contributed by atoms with Crippen molar-refractivity contribution in [3.63, 3.8) is 0 Å². The van der Waals surface area contributed by atoms with Crippen LogP contribution in [-0.2, 0) is 0 Å². The molecule has 2 aliphatic heterocycles. The van der Waals surface area contributed by atoms with Crippen LogP contribution in [0, 0.1) is 0 Å². The van der Waals surface area contributed by atoms with Crippen molar-refractivity contribution in [3.05, 3.63) is 40.1 Å². The summed E-state index contributed by atoms with van der Waals surface area (Å²) in [4.78, 5) is 18.8. The first kappa shape index (κ1) is 12.9. The van der Waals surface area contributed by atoms with Crippen molar-refractivity contribution in [1.82, 2.24) is 9.88 Å². The van der Waals surface area contributed by atoms with Crippen molar-refractivity contribution in [2.75, 3.05) is 0 Å². The topological polar surface area (TPSA) is 33.2 Å². The van der Waals surface area contributed by atoms with Gasteiger partial charge in [-0.3, -0.25) is 9.78 Å². The standard InChI is InChI=1S/C15H17BrN2O/c1-2-10-5-13-3-4-14(6-10)18(13)15(19)11-7-12(16)9-17-8-11/h2,7-9,13-14H,3-6H2,1H3. The van der Waals surface area contributed by atoms with Crippen LogP contribution < -0.4 is 0 Å². The molecule has 3 nitrogen and oxygen atoms in total. The third kappa shape index (κ3) is 2.34. The molecule has 0 aromatic carbocycles. The van der Waals surface area contributed by atoms with Gasteiger partial charge in [0.15, 0.2) is 0 Å². The van der Waals surface area contributed by atoms with Crippen LogP contribution in [0.3, 0.4) is 0 Å². The lowest BCUT2D eigenvalue weighted by molar-refractivity contribution is 0.0634. The summed E-state index contributed by atoms with van der Waals surface area (Å²) in [6.07, 6.45) is 9.94. The highest BCUT2D eigenvalue weighted by Crippen LogP contribution is 2.39. The fourth-order valence-corrected chi connectivity index (χ4v) is 3.66. The Morgan fingerprint density at radius 2 is 2.05 bits per heavy atom. The zero-order valence-electron chi connectivity index (χ0n) is 11.0. The molecule has 3 rings (SSSR count). The van der Waals surface area contributed by atoms with Crippen molar-refractivity contribution in [2.24, 2.45) is 0 Å². The number of nitrogens with zero attached hydrogens (tertiary/aromatic N) is 2. The Kier molecular flexibility index (Phi) is 3.44. The van der Waals surface area contributed by atoms with E-state index >= 15 is 0 Å². The molecule has 4 heteroatoms. The number of hydrogen-bond acceptors (Lipinski definition) is 2. The monoisotopic (exact) mass is 320 g/mol. The number of fused-ring (bicyclic) bond motifs is 2. The minimum Gasteiger partial charge on any atom is -0.332 e. The van der Waals surface area contributed by atoms with Crippen LogP contribution in [0.4, 0.5) is 0 Å². The van der Waals surface area contributed by atoms with E-state index in [9.17, 15) is 4.79 Å². The van der Waals surface area contributed by atoms with E-state index in [1.165, 1.54) is 5.57 Å². The van der Waals surface area contributed by atoms with Crippen LogP contribution in [0.15, 0.2) is 34.6 Å². The molecule has 2 unspecified atom stereocenters. The van der Waals surface area contributed by atoms with E-state index in [0.717, 1.165) is 30.2 Å². The van der Waals surface area contributed by atoms with E-state index in [0.29, 0.717) is 17.6 Å². The zero-order chi connectivity index (χ0) is 13.4. The molecule has 0 saturated carbocycles. The third-order valence-corrected chi connectivity index (χ3v) is 4.64. The quantitative estimate of drug-likeness (QED) is 0.741. The third-order valence-electron chi connectivity index (χ3n) is 4.21. The lowest BCUT2D eigenvalue weighted by Gasteiger charge is -2.36. The molecule has 19 heavy (non-hydrogen) atoms. The Labute approximate surface area is 121 Å². The Bertz CT molecular complexity index is 525. The van der Waals surface area contributed by atoms with Crippen LogP contribution in [0.2, 0.25) is 0 Å². The molecule has 0 aliphatic carbocycles. The maximum atomic E-state index is 12.7. The summed E-state index contributed by atoms with van der Waals surface area (Å²) in [7, 11) is 0. The van der Waals surface area contributed by atoms with Gasteiger partial charge in [-0.2, -0.15) is 0 Å². The molecule has 3 heterocycles. The van der Waals surface area contributed by atoms with Gasteiger partial charge < -0.3 is 4.90 Å². The van der Waals surface area contributed by atoms with Gasteiger partial charge in [-0.15, -0.1) is 0 Å². The number of rotatable bonds is 1. The predicted octanol–water partition coefficient (Wildman–Crippen LogP) is 3.56. The number of halogens is 1. The number of carbonyl (C=O) groups excluding carboxylic acids is 1. The Morgan fingerprint density at radius 1 is 1.37 bits per heavy atom. The van der Waals surface area contributed by atoms with E-state index in [-0.39, 0.29) is 5.91 Å². The molecule has 2 saturated heterocycles. The zero-order valence-corrected chi connectivity index (χ0v) is 12.6. The van der Waals surface area contributed by atoms with E-state index in [4.69, 9.17) is 0 Å². The minimum atomic E-state index is 0.136. The highest BCUT2D eigenvalue weighted by Gasteiger charge is 2.41. The predicted molar refractivity (Wildman–Crippen MR) is 77.9 cm³/mol. The maximum Gasteiger partial charge on any atom is 0.255 e. The van der Waals surface area contributed by atoms with E-state index in [1.807, 2.05) is 6.07 Å². The van der Waals surface area contributed by atoms with Crippen molar-refractivity contribution in [3.8, 4) is 0 Å². The molecule has 100 valence electrons. The Morgan fingerprint density at radius 3 is 2.63 bits per heavy atom. The van der Waals surface area contributed by atoms with Gasteiger partial charge in [-0.1, -0.05) is 11.6 Å². The average Bonchev–Trinajstić information content (AvgIpc) is 2.68. The van der Waals surface area contributed by atoms with Crippen LogP contribution in [0.5, 0.6) is 0 Å². The SMILES string of the molecule is CC=C1CC2CCC(C1)N2C(=O)c1cncc(Br)c1. The summed E-state index contributed by atoms with van der Waals surface area (Å²) < 4.78 is 0.858. The smallest absolute Gasteiger partial charge is 0.255 e. The molecule has 2 atom stereocenters. The summed E-state index contributed by atoms with van der Waals surface area (Å²) >= 11 is 3.38. The number of piperidine rings is 1. The van der Waals surface area contributed by atoms with Gasteiger partial charge in [0.05, 0.1) is 5.56 Å². The maximum absolute atomic E-state index is 12.7. The molecule has 2 aliphatic rings. The summed E-state index contributed by atoms with van der Waals surface area (Å²) in [5.41, 5.74) is 2.19. The number of hydrogen-bond donors (Lipinski definition) is 0. The molecule has 2 fully saturated rings. The van der Waals surface area contributed by atoms with Gasteiger partial charge >= 0.3 is 0 Å². The van der Waals surface area contributed by atoms with E-state index in [2.05, 4.69) is 38.8 Å². The second kappa shape index (κ2) is 5.08. The summed E-state index contributed by atoms with van der Waals surface area (Å²) in [6.45, 7) is 2.10. The van der Waals surface area contributed by atoms with E-state index < -0.39 is 0 Å². The van der Waals surface area contributed by atoms with Crippen molar-refractivity contribution >= 4 is 21.8 Å². The first-order valence-electron chi connectivity index (χ1n) is 6.76. The van der Waals surface area contributed by atoms with Crippen LogP contribution in [0.25, 0.3) is 0 Å². The first-order chi connectivity index (χ1) is 9.19. The number of allylic oxidation sites excluding steroid dienone is 1. The molecule has 0 N–H and O–H groups in total. The lowest BCUT2D eigenvalue weighted by Crippen LogP contribution is -2.44. The van der Waals surface area contributed by atoms with Gasteiger partial charge in [-0.05, 0) is 54.6 Å². The number of pyridine rings is 1. The van der Waals surface area contributed by atoms with Gasteiger partial charge in [0, 0.05) is 29.0 Å². The van der Waals surface area contributed by atoms with E-state index in [1.54, 1.807) is 12.4 Å². The molecular weight excluding hydrogens is 304 g/mol. The minimum absolute atomic E-state index is 0.136. The second-order valence-corrected chi connectivity index (χ2v) is 6.26. The average molecular weight is 321 g/mol. The van der Waals surface area contributed by atoms with Gasteiger partial charge in [0.2, 0.25) is 0 Å².